The van der Waals surface area contributed by atoms with Crippen LogP contribution < -0.4 is 15.4 Å². The fourth-order valence-electron chi connectivity index (χ4n) is 2.61. The van der Waals surface area contributed by atoms with Gasteiger partial charge in [0.25, 0.3) is 0 Å². The zero-order valence-electron chi connectivity index (χ0n) is 16.1. The Hall–Kier alpha value is -3.42. The summed E-state index contributed by atoms with van der Waals surface area (Å²) in [6.07, 6.45) is 6.62. The highest BCUT2D eigenvalue weighted by Crippen LogP contribution is 2.26. The lowest BCUT2D eigenvalue weighted by atomic mass is 10.3. The van der Waals surface area contributed by atoms with Crippen LogP contribution in [0.1, 0.15) is 12.6 Å². The van der Waals surface area contributed by atoms with Crippen LogP contribution >= 0.6 is 0 Å². The minimum absolute atomic E-state index is 0.105. The second kappa shape index (κ2) is 10.7. The smallest absolute Gasteiger partial charge is 0.220 e. The summed E-state index contributed by atoms with van der Waals surface area (Å²) < 4.78 is 5.88. The van der Waals surface area contributed by atoms with E-state index >= 15 is 0 Å². The maximum atomic E-state index is 11.4. The highest BCUT2D eigenvalue weighted by atomic mass is 16.5. The van der Waals surface area contributed by atoms with E-state index in [1.807, 2.05) is 17.0 Å². The number of hydrogen-bond acceptors (Lipinski definition) is 7. The molecular weight excluding hydrogens is 356 g/mol. The van der Waals surface area contributed by atoms with Gasteiger partial charge in [-0.2, -0.15) is 0 Å². The Kier molecular flexibility index (Phi) is 7.95. The standard InChI is InChI=1S/C16H20N6O2.C4H6/c1-12(23)21-7-9-22(10-8-21)15-14(3-2-5-18-15)24-11-13-4-6-19-16(17)20-13;1-3-4-2/h2-6H,7-11H2,1H3,(H2,17,19,20);3-4H,1-2H2. The zero-order valence-corrected chi connectivity index (χ0v) is 16.1. The number of allylic oxidation sites excluding steroid dienone is 2. The molecule has 0 saturated carbocycles. The Balaban J connectivity index is 0.000000640. The molecule has 2 N–H and O–H groups in total. The molecule has 148 valence electrons. The monoisotopic (exact) mass is 382 g/mol. The Morgan fingerprint density at radius 3 is 2.50 bits per heavy atom. The number of ether oxygens (including phenoxy) is 1. The summed E-state index contributed by atoms with van der Waals surface area (Å²) in [5.41, 5.74) is 6.29. The lowest BCUT2D eigenvalue weighted by Gasteiger charge is -2.35. The minimum Gasteiger partial charge on any atom is -0.483 e. The summed E-state index contributed by atoms with van der Waals surface area (Å²) in [5, 5.41) is 0. The molecule has 1 fully saturated rings. The number of amides is 1. The third-order valence-electron chi connectivity index (χ3n) is 4.05. The highest BCUT2D eigenvalue weighted by Gasteiger charge is 2.22. The Morgan fingerprint density at radius 1 is 1.18 bits per heavy atom. The van der Waals surface area contributed by atoms with Crippen molar-refractivity contribution in [3.05, 3.63) is 61.6 Å². The topological polar surface area (TPSA) is 97.5 Å². The molecule has 0 spiro atoms. The predicted molar refractivity (Wildman–Crippen MR) is 110 cm³/mol. The third kappa shape index (κ3) is 6.08. The molecule has 2 aromatic rings. The van der Waals surface area contributed by atoms with Crippen LogP contribution in [0.3, 0.4) is 0 Å². The van der Waals surface area contributed by atoms with E-state index in [-0.39, 0.29) is 11.9 Å². The summed E-state index contributed by atoms with van der Waals surface area (Å²) >= 11 is 0. The fraction of sp³-hybridized carbons (Fsp3) is 0.300. The molecule has 1 amide bonds. The molecule has 0 aliphatic carbocycles. The van der Waals surface area contributed by atoms with Crippen molar-refractivity contribution in [2.75, 3.05) is 36.8 Å². The van der Waals surface area contributed by atoms with Gasteiger partial charge in [0, 0.05) is 45.5 Å². The number of anilines is 2. The first-order valence-electron chi connectivity index (χ1n) is 8.94. The Bertz CT molecular complexity index is 797. The van der Waals surface area contributed by atoms with Crippen LogP contribution in [0.5, 0.6) is 5.75 Å². The first-order valence-corrected chi connectivity index (χ1v) is 8.94. The number of hydrogen-bond donors (Lipinski definition) is 1. The predicted octanol–water partition coefficient (Wildman–Crippen LogP) is 2.06. The van der Waals surface area contributed by atoms with E-state index in [1.165, 1.54) is 0 Å². The van der Waals surface area contributed by atoms with Crippen molar-refractivity contribution in [3.8, 4) is 5.75 Å². The number of rotatable bonds is 5. The van der Waals surface area contributed by atoms with Gasteiger partial charge in [-0.05, 0) is 18.2 Å². The Labute approximate surface area is 165 Å². The quantitative estimate of drug-likeness (QED) is 0.791. The van der Waals surface area contributed by atoms with Gasteiger partial charge >= 0.3 is 0 Å². The van der Waals surface area contributed by atoms with Crippen molar-refractivity contribution in [3.63, 3.8) is 0 Å². The molecule has 0 bridgehead atoms. The molecule has 8 nitrogen and oxygen atoms in total. The summed E-state index contributed by atoms with van der Waals surface area (Å²) in [5.74, 6) is 1.80. The van der Waals surface area contributed by atoms with Crippen molar-refractivity contribution in [1.29, 1.82) is 0 Å². The van der Waals surface area contributed by atoms with Gasteiger partial charge in [-0.3, -0.25) is 4.79 Å². The van der Waals surface area contributed by atoms with Gasteiger partial charge in [0.05, 0.1) is 5.69 Å². The average molecular weight is 382 g/mol. The minimum atomic E-state index is 0.105. The van der Waals surface area contributed by atoms with E-state index < -0.39 is 0 Å². The maximum Gasteiger partial charge on any atom is 0.220 e. The number of carbonyl (C=O) groups is 1. The lowest BCUT2D eigenvalue weighted by molar-refractivity contribution is -0.129. The lowest BCUT2D eigenvalue weighted by Crippen LogP contribution is -2.48. The van der Waals surface area contributed by atoms with E-state index in [4.69, 9.17) is 10.5 Å². The van der Waals surface area contributed by atoms with Gasteiger partial charge in [-0.25, -0.2) is 15.0 Å². The molecule has 28 heavy (non-hydrogen) atoms. The van der Waals surface area contributed by atoms with Crippen molar-refractivity contribution in [2.45, 2.75) is 13.5 Å². The molecule has 1 aliphatic rings. The zero-order chi connectivity index (χ0) is 20.4. The molecule has 0 aromatic carbocycles. The number of aromatic nitrogens is 3. The molecule has 0 atom stereocenters. The number of nitrogen functional groups attached to an aromatic ring is 1. The number of nitrogens with two attached hydrogens (primary N) is 1. The fourth-order valence-corrected chi connectivity index (χ4v) is 2.61. The van der Waals surface area contributed by atoms with Gasteiger partial charge in [0.1, 0.15) is 6.61 Å². The van der Waals surface area contributed by atoms with E-state index in [0.29, 0.717) is 31.1 Å². The van der Waals surface area contributed by atoms with Gasteiger partial charge in [-0.1, -0.05) is 25.3 Å². The second-order valence-electron chi connectivity index (χ2n) is 5.98. The van der Waals surface area contributed by atoms with Crippen molar-refractivity contribution >= 4 is 17.7 Å². The summed E-state index contributed by atoms with van der Waals surface area (Å²) in [6.45, 7) is 11.4. The highest BCUT2D eigenvalue weighted by molar-refractivity contribution is 5.73. The number of piperazine rings is 1. The molecule has 1 aliphatic heterocycles. The second-order valence-corrected chi connectivity index (χ2v) is 5.98. The normalized spacial score (nSPS) is 13.2. The third-order valence-corrected chi connectivity index (χ3v) is 4.05. The van der Waals surface area contributed by atoms with Crippen LogP contribution in [0.4, 0.5) is 11.8 Å². The first kappa shape index (κ1) is 20.9. The van der Waals surface area contributed by atoms with Gasteiger partial charge in [-0.15, -0.1) is 0 Å². The molecule has 0 radical (unpaired) electrons. The van der Waals surface area contributed by atoms with Crippen LogP contribution in [0.15, 0.2) is 55.9 Å². The van der Waals surface area contributed by atoms with Crippen LogP contribution in [-0.2, 0) is 11.4 Å². The Morgan fingerprint density at radius 2 is 1.89 bits per heavy atom. The van der Waals surface area contributed by atoms with Crippen molar-refractivity contribution in [2.24, 2.45) is 0 Å². The summed E-state index contributed by atoms with van der Waals surface area (Å²) in [6, 6.07) is 5.47. The van der Waals surface area contributed by atoms with Gasteiger partial charge in [0.15, 0.2) is 11.6 Å². The van der Waals surface area contributed by atoms with E-state index in [2.05, 4.69) is 33.0 Å². The number of carbonyl (C=O) groups excluding carboxylic acids is 1. The summed E-state index contributed by atoms with van der Waals surface area (Å²) in [4.78, 5) is 27.8. The van der Waals surface area contributed by atoms with Crippen molar-refractivity contribution < 1.29 is 9.53 Å². The van der Waals surface area contributed by atoms with Crippen LogP contribution in [-0.4, -0.2) is 51.9 Å². The van der Waals surface area contributed by atoms with Crippen LogP contribution in [0.2, 0.25) is 0 Å². The maximum absolute atomic E-state index is 11.4. The summed E-state index contributed by atoms with van der Waals surface area (Å²) in [7, 11) is 0. The number of pyridine rings is 1. The molecule has 0 unspecified atom stereocenters. The molecular formula is C20H26N6O2. The van der Waals surface area contributed by atoms with Crippen LogP contribution in [0.25, 0.3) is 0 Å². The van der Waals surface area contributed by atoms with E-state index in [9.17, 15) is 4.79 Å². The average Bonchev–Trinajstić information content (AvgIpc) is 2.73. The van der Waals surface area contributed by atoms with Crippen LogP contribution in [0, 0.1) is 0 Å². The number of nitrogens with zero attached hydrogens (tertiary/aromatic N) is 5. The molecule has 2 aromatic heterocycles. The first-order chi connectivity index (χ1) is 13.5. The van der Waals surface area contributed by atoms with E-state index in [1.54, 1.807) is 37.5 Å². The molecule has 3 rings (SSSR count). The molecule has 3 heterocycles. The largest absolute Gasteiger partial charge is 0.483 e. The molecule has 8 heteroatoms. The van der Waals surface area contributed by atoms with E-state index in [0.717, 1.165) is 18.9 Å². The van der Waals surface area contributed by atoms with Crippen molar-refractivity contribution in [1.82, 2.24) is 19.9 Å². The SMILES string of the molecule is C=CC=C.CC(=O)N1CCN(c2ncccc2OCc2ccnc(N)n2)CC1. The van der Waals surface area contributed by atoms with Gasteiger partial charge in [0.2, 0.25) is 11.9 Å². The molecule has 1 saturated heterocycles. The van der Waals surface area contributed by atoms with Gasteiger partial charge < -0.3 is 20.3 Å².